The maximum atomic E-state index is 5.85. The van der Waals surface area contributed by atoms with Gasteiger partial charge in [0.15, 0.2) is 0 Å². The van der Waals surface area contributed by atoms with E-state index in [1.807, 2.05) is 24.3 Å². The van der Waals surface area contributed by atoms with Crippen molar-refractivity contribution in [2.75, 3.05) is 20.3 Å². The van der Waals surface area contributed by atoms with Gasteiger partial charge in [0, 0.05) is 12.6 Å². The van der Waals surface area contributed by atoms with E-state index in [9.17, 15) is 0 Å². The minimum atomic E-state index is 0.454. The van der Waals surface area contributed by atoms with Crippen LogP contribution in [0.4, 0.5) is 0 Å². The topological polar surface area (TPSA) is 21.5 Å². The molecule has 3 heteroatoms. The second kappa shape index (κ2) is 6.19. The molecule has 0 aliphatic carbocycles. The molecule has 1 aliphatic heterocycles. The number of hydrogen-bond acceptors (Lipinski definition) is 3. The molecule has 1 aliphatic rings. The van der Waals surface area contributed by atoms with E-state index in [1.165, 1.54) is 5.56 Å². The molecule has 1 unspecified atom stereocenters. The summed E-state index contributed by atoms with van der Waals surface area (Å²) in [7, 11) is 1.67. The van der Waals surface area contributed by atoms with Gasteiger partial charge in [-0.15, -0.1) is 0 Å². The zero-order valence-corrected chi connectivity index (χ0v) is 12.5. The van der Waals surface area contributed by atoms with Crippen molar-refractivity contribution < 1.29 is 9.47 Å². The smallest absolute Gasteiger partial charge is 0.119 e. The van der Waals surface area contributed by atoms with Gasteiger partial charge < -0.3 is 9.47 Å². The highest BCUT2D eigenvalue weighted by molar-refractivity contribution is 5.31. The molecule has 3 atom stereocenters. The Balaban J connectivity index is 1.49. The molecule has 0 amide bonds. The van der Waals surface area contributed by atoms with Gasteiger partial charge in [-0.2, -0.15) is 0 Å². The molecule has 0 saturated carbocycles. The lowest BCUT2D eigenvalue weighted by atomic mass is 10.1. The summed E-state index contributed by atoms with van der Waals surface area (Å²) in [5.74, 6) is 1.75. The van der Waals surface area contributed by atoms with Crippen molar-refractivity contribution >= 4 is 0 Å². The summed E-state index contributed by atoms with van der Waals surface area (Å²) in [5.41, 5.74) is 1.37. The molecule has 0 aromatic heterocycles. The van der Waals surface area contributed by atoms with E-state index in [-0.39, 0.29) is 0 Å². The Hall–Kier alpha value is -2.00. The number of hydrogen-bond donors (Lipinski definition) is 0. The second-order valence-electron chi connectivity index (χ2n) is 5.42. The molecule has 3 rings (SSSR count). The number of rotatable bonds is 6. The number of nitrogens with zero attached hydrogens (tertiary/aromatic N) is 1. The summed E-state index contributed by atoms with van der Waals surface area (Å²) >= 11 is 0. The van der Waals surface area contributed by atoms with E-state index in [0.29, 0.717) is 12.1 Å². The molecule has 1 fully saturated rings. The lowest BCUT2D eigenvalue weighted by Crippen LogP contribution is -2.14. The van der Waals surface area contributed by atoms with Gasteiger partial charge in [0.1, 0.15) is 18.1 Å². The molecule has 110 valence electrons. The fourth-order valence-electron chi connectivity index (χ4n) is 2.61. The first-order valence-electron chi connectivity index (χ1n) is 7.35. The van der Waals surface area contributed by atoms with E-state index < -0.39 is 0 Å². The Morgan fingerprint density at radius 3 is 2.38 bits per heavy atom. The van der Waals surface area contributed by atoms with Gasteiger partial charge in [-0.3, -0.25) is 4.90 Å². The van der Waals surface area contributed by atoms with E-state index in [4.69, 9.17) is 9.47 Å². The number of ether oxygens (including phenoxy) is 2. The summed E-state index contributed by atoms with van der Waals surface area (Å²) in [6.07, 6.45) is 0. The Bertz CT molecular complexity index is 568. The molecule has 1 heterocycles. The first-order valence-corrected chi connectivity index (χ1v) is 7.35. The predicted molar refractivity (Wildman–Crippen MR) is 83.8 cm³/mol. The molecule has 0 radical (unpaired) electrons. The second-order valence-corrected chi connectivity index (χ2v) is 5.42. The van der Waals surface area contributed by atoms with Crippen LogP contribution in [0.15, 0.2) is 54.6 Å². The molecular weight excluding hydrogens is 262 g/mol. The van der Waals surface area contributed by atoms with E-state index in [2.05, 4.69) is 42.2 Å². The maximum absolute atomic E-state index is 5.85. The van der Waals surface area contributed by atoms with Crippen molar-refractivity contribution in [3.05, 3.63) is 60.2 Å². The van der Waals surface area contributed by atoms with Gasteiger partial charge in [-0.1, -0.05) is 30.3 Å². The van der Waals surface area contributed by atoms with Crippen molar-refractivity contribution in [3.63, 3.8) is 0 Å². The monoisotopic (exact) mass is 283 g/mol. The highest BCUT2D eigenvalue weighted by Crippen LogP contribution is 2.32. The molecule has 2 aromatic carbocycles. The zero-order chi connectivity index (χ0) is 14.7. The summed E-state index contributed by atoms with van der Waals surface area (Å²) < 4.78 is 11.0. The van der Waals surface area contributed by atoms with Gasteiger partial charge in [0.05, 0.1) is 13.2 Å². The summed E-state index contributed by atoms with van der Waals surface area (Å²) in [6, 6.07) is 19.3. The first-order chi connectivity index (χ1) is 10.3. The predicted octanol–water partition coefficient (Wildman–Crippen LogP) is 3.52. The van der Waals surface area contributed by atoms with Crippen LogP contribution in [0.1, 0.15) is 18.5 Å². The van der Waals surface area contributed by atoms with Crippen molar-refractivity contribution in [2.45, 2.75) is 19.0 Å². The summed E-state index contributed by atoms with van der Waals surface area (Å²) in [5, 5.41) is 0. The average molecular weight is 283 g/mol. The fraction of sp³-hybridized carbons (Fsp3) is 0.333. The molecule has 2 aromatic rings. The minimum Gasteiger partial charge on any atom is -0.497 e. The van der Waals surface area contributed by atoms with Crippen molar-refractivity contribution in [3.8, 4) is 11.5 Å². The Morgan fingerprint density at radius 1 is 1.05 bits per heavy atom. The fourth-order valence-corrected chi connectivity index (χ4v) is 2.61. The number of benzene rings is 2. The van der Waals surface area contributed by atoms with Crippen LogP contribution in [0.25, 0.3) is 0 Å². The Morgan fingerprint density at radius 2 is 1.71 bits per heavy atom. The minimum absolute atomic E-state index is 0.454. The largest absolute Gasteiger partial charge is 0.497 e. The summed E-state index contributed by atoms with van der Waals surface area (Å²) in [4.78, 5) is 2.46. The standard InChI is InChI=1S/C18H21NO2/c1-14(15-6-4-3-5-7-15)19-12-16(19)13-21-18-10-8-17(20-2)9-11-18/h3-11,14,16H,12-13H2,1-2H3/t14-,16+,19?/m1/s1. The molecular formula is C18H21NO2. The first kappa shape index (κ1) is 14.0. The van der Waals surface area contributed by atoms with Gasteiger partial charge >= 0.3 is 0 Å². The highest BCUT2D eigenvalue weighted by Gasteiger charge is 2.38. The van der Waals surface area contributed by atoms with Gasteiger partial charge in [-0.25, -0.2) is 0 Å². The van der Waals surface area contributed by atoms with E-state index in [1.54, 1.807) is 7.11 Å². The average Bonchev–Trinajstić information content (AvgIpc) is 3.33. The van der Waals surface area contributed by atoms with Crippen LogP contribution in [-0.4, -0.2) is 31.2 Å². The molecule has 0 N–H and O–H groups in total. The van der Waals surface area contributed by atoms with Crippen LogP contribution in [0, 0.1) is 0 Å². The van der Waals surface area contributed by atoms with Gasteiger partial charge in [0.25, 0.3) is 0 Å². The number of methoxy groups -OCH3 is 1. The summed E-state index contributed by atoms with van der Waals surface area (Å²) in [6.45, 7) is 4.10. The van der Waals surface area contributed by atoms with Crippen LogP contribution >= 0.6 is 0 Å². The van der Waals surface area contributed by atoms with Crippen LogP contribution < -0.4 is 9.47 Å². The van der Waals surface area contributed by atoms with Crippen molar-refractivity contribution in [1.82, 2.24) is 4.90 Å². The van der Waals surface area contributed by atoms with Crippen LogP contribution in [0.3, 0.4) is 0 Å². The van der Waals surface area contributed by atoms with Crippen LogP contribution in [0.5, 0.6) is 11.5 Å². The lowest BCUT2D eigenvalue weighted by molar-refractivity contribution is 0.278. The third kappa shape index (κ3) is 3.37. The lowest BCUT2D eigenvalue weighted by Gasteiger charge is -2.14. The van der Waals surface area contributed by atoms with Crippen LogP contribution in [0.2, 0.25) is 0 Å². The third-order valence-electron chi connectivity index (χ3n) is 4.04. The molecule has 21 heavy (non-hydrogen) atoms. The highest BCUT2D eigenvalue weighted by atomic mass is 16.5. The molecule has 3 nitrogen and oxygen atoms in total. The van der Waals surface area contributed by atoms with Crippen molar-refractivity contribution in [1.29, 1.82) is 0 Å². The molecule has 0 bridgehead atoms. The quantitative estimate of drug-likeness (QED) is 0.757. The molecule has 0 spiro atoms. The SMILES string of the molecule is COc1ccc(OC[C@@H]2CN2[C@H](C)c2ccccc2)cc1. The van der Waals surface area contributed by atoms with Crippen molar-refractivity contribution in [2.24, 2.45) is 0 Å². The Kier molecular flexibility index (Phi) is 4.11. The maximum Gasteiger partial charge on any atom is 0.119 e. The zero-order valence-electron chi connectivity index (χ0n) is 12.5. The van der Waals surface area contributed by atoms with Crippen LogP contribution in [-0.2, 0) is 0 Å². The molecule has 1 saturated heterocycles. The van der Waals surface area contributed by atoms with Gasteiger partial charge in [0.2, 0.25) is 0 Å². The van der Waals surface area contributed by atoms with E-state index >= 15 is 0 Å². The van der Waals surface area contributed by atoms with Gasteiger partial charge in [-0.05, 0) is 36.8 Å². The third-order valence-corrected chi connectivity index (χ3v) is 4.04. The Labute approximate surface area is 126 Å². The normalized spacial score (nSPS) is 21.6. The van der Waals surface area contributed by atoms with E-state index in [0.717, 1.165) is 24.7 Å².